The predicted molar refractivity (Wildman–Crippen MR) is 93.2 cm³/mol. The Morgan fingerprint density at radius 1 is 1.38 bits per heavy atom. The second kappa shape index (κ2) is 8.07. The first-order valence-corrected chi connectivity index (χ1v) is 8.98. The molecule has 0 spiro atoms. The Bertz CT molecular complexity index is 732. The molecule has 1 rings (SSSR count). The lowest BCUT2D eigenvalue weighted by atomic mass is 10.1. The first-order valence-electron chi connectivity index (χ1n) is 7.43. The Morgan fingerprint density at radius 2 is 2.00 bits per heavy atom. The molecule has 3 N–H and O–H groups in total. The van der Waals surface area contributed by atoms with Crippen molar-refractivity contribution in [2.24, 2.45) is 5.14 Å². The van der Waals surface area contributed by atoms with Crippen molar-refractivity contribution >= 4 is 22.0 Å². The largest absolute Gasteiger partial charge is 0.337 e. The number of primary sulfonamides is 1. The summed E-state index contributed by atoms with van der Waals surface area (Å²) in [5.41, 5.74) is 2.18. The quantitative estimate of drug-likeness (QED) is 0.677. The number of imide groups is 1. The zero-order valence-electron chi connectivity index (χ0n) is 14.0. The Hall–Kier alpha value is -2.19. The molecule has 0 bridgehead atoms. The van der Waals surface area contributed by atoms with Crippen LogP contribution in [0.4, 0.5) is 4.79 Å². The zero-order chi connectivity index (χ0) is 18.5. The van der Waals surface area contributed by atoms with Gasteiger partial charge in [-0.05, 0) is 31.4 Å². The van der Waals surface area contributed by atoms with Crippen molar-refractivity contribution in [1.29, 1.82) is 0 Å². The van der Waals surface area contributed by atoms with E-state index in [-0.39, 0.29) is 17.4 Å². The molecule has 1 heterocycles. The summed E-state index contributed by atoms with van der Waals surface area (Å²) < 4.78 is 22.0. The van der Waals surface area contributed by atoms with Crippen LogP contribution in [0.2, 0.25) is 0 Å². The maximum Gasteiger partial charge on any atom is 0.324 e. The standard InChI is InChI=1S/C16H23N3O4S/c1-5-14-12(3)10-19(15(14)20)16(21)18-9-8-11(2)6-7-13(4)24(17,22)23/h6-7H,2,4-5,8-10H2,1,3H3,(H,18,21)(H2,17,22,23)/b7-6-. The molecular formula is C16H23N3O4S. The molecule has 0 unspecified atom stereocenters. The van der Waals surface area contributed by atoms with Gasteiger partial charge in [0.2, 0.25) is 10.0 Å². The number of carbonyl (C=O) groups is 2. The van der Waals surface area contributed by atoms with E-state index in [0.717, 1.165) is 5.57 Å². The lowest BCUT2D eigenvalue weighted by molar-refractivity contribution is -0.123. The number of hydrogen-bond acceptors (Lipinski definition) is 4. The van der Waals surface area contributed by atoms with Gasteiger partial charge in [-0.3, -0.25) is 9.69 Å². The summed E-state index contributed by atoms with van der Waals surface area (Å²) >= 11 is 0. The molecule has 0 radical (unpaired) electrons. The topological polar surface area (TPSA) is 110 Å². The van der Waals surface area contributed by atoms with Crippen LogP contribution in [0, 0.1) is 0 Å². The van der Waals surface area contributed by atoms with Crippen LogP contribution in [0.3, 0.4) is 0 Å². The van der Waals surface area contributed by atoms with E-state index in [1.54, 1.807) is 0 Å². The SMILES string of the molecule is C=C(/C=C\C(=C)S(N)(=O)=O)CCNC(=O)N1CC(C)=C(CC)C1=O. The summed E-state index contributed by atoms with van der Waals surface area (Å²) in [6.45, 7) is 11.4. The number of hydrogen-bond donors (Lipinski definition) is 2. The minimum Gasteiger partial charge on any atom is -0.337 e. The second-order valence-electron chi connectivity index (χ2n) is 5.49. The highest BCUT2D eigenvalue weighted by molar-refractivity contribution is 7.93. The van der Waals surface area contributed by atoms with Gasteiger partial charge in [-0.15, -0.1) is 0 Å². The summed E-state index contributed by atoms with van der Waals surface area (Å²) in [4.78, 5) is 25.1. The Kier molecular flexibility index (Phi) is 6.68. The normalized spacial score (nSPS) is 15.3. The lowest BCUT2D eigenvalue weighted by Gasteiger charge is -2.15. The molecule has 24 heavy (non-hydrogen) atoms. The molecule has 8 heteroatoms. The average Bonchev–Trinajstić information content (AvgIpc) is 2.78. The van der Waals surface area contributed by atoms with Gasteiger partial charge >= 0.3 is 6.03 Å². The van der Waals surface area contributed by atoms with Crippen molar-refractivity contribution in [3.8, 4) is 0 Å². The number of amides is 3. The molecule has 0 aromatic rings. The van der Waals surface area contributed by atoms with Crippen LogP contribution >= 0.6 is 0 Å². The van der Waals surface area contributed by atoms with Gasteiger partial charge in [0.05, 0.1) is 11.4 Å². The minimum absolute atomic E-state index is 0.219. The molecule has 1 aliphatic heterocycles. The number of allylic oxidation sites excluding steroid dienone is 2. The number of sulfonamides is 1. The van der Waals surface area contributed by atoms with Crippen molar-refractivity contribution in [3.63, 3.8) is 0 Å². The van der Waals surface area contributed by atoms with Gasteiger partial charge in [-0.25, -0.2) is 18.4 Å². The van der Waals surface area contributed by atoms with Gasteiger partial charge in [0, 0.05) is 12.1 Å². The monoisotopic (exact) mass is 353 g/mol. The predicted octanol–water partition coefficient (Wildman–Crippen LogP) is 1.57. The fraction of sp³-hybridized carbons (Fsp3) is 0.375. The first-order chi connectivity index (χ1) is 11.1. The minimum atomic E-state index is -3.80. The van der Waals surface area contributed by atoms with E-state index < -0.39 is 16.1 Å². The summed E-state index contributed by atoms with van der Waals surface area (Å²) in [5.74, 6) is -0.254. The van der Waals surface area contributed by atoms with Crippen LogP contribution in [-0.2, 0) is 14.8 Å². The van der Waals surface area contributed by atoms with E-state index in [1.807, 2.05) is 13.8 Å². The molecule has 0 fully saturated rings. The average molecular weight is 353 g/mol. The molecular weight excluding hydrogens is 330 g/mol. The highest BCUT2D eigenvalue weighted by Crippen LogP contribution is 2.21. The molecule has 0 saturated carbocycles. The number of nitrogens with zero attached hydrogens (tertiary/aromatic N) is 1. The Balaban J connectivity index is 2.45. The van der Waals surface area contributed by atoms with Gasteiger partial charge in [-0.2, -0.15) is 0 Å². The number of nitrogens with two attached hydrogens (primary N) is 1. The number of carbonyl (C=O) groups excluding carboxylic acids is 2. The van der Waals surface area contributed by atoms with Gasteiger partial charge in [-0.1, -0.05) is 31.7 Å². The fourth-order valence-electron chi connectivity index (χ4n) is 2.18. The van der Waals surface area contributed by atoms with E-state index in [2.05, 4.69) is 18.5 Å². The molecule has 0 aliphatic carbocycles. The van der Waals surface area contributed by atoms with Gasteiger partial charge in [0.1, 0.15) is 0 Å². The van der Waals surface area contributed by atoms with E-state index in [1.165, 1.54) is 17.1 Å². The molecule has 3 amide bonds. The third kappa shape index (κ3) is 5.17. The zero-order valence-corrected chi connectivity index (χ0v) is 14.8. The molecule has 0 aromatic carbocycles. The molecule has 0 aromatic heterocycles. The van der Waals surface area contributed by atoms with Crippen LogP contribution in [0.5, 0.6) is 0 Å². The molecule has 0 saturated heterocycles. The van der Waals surface area contributed by atoms with Crippen LogP contribution in [0.15, 0.2) is 46.9 Å². The van der Waals surface area contributed by atoms with Gasteiger partial charge < -0.3 is 5.32 Å². The van der Waals surface area contributed by atoms with Crippen molar-refractivity contribution in [2.75, 3.05) is 13.1 Å². The maximum absolute atomic E-state index is 12.1. The van der Waals surface area contributed by atoms with Crippen molar-refractivity contribution < 1.29 is 18.0 Å². The van der Waals surface area contributed by atoms with Gasteiger partial charge in [0.25, 0.3) is 5.91 Å². The van der Waals surface area contributed by atoms with Crippen LogP contribution < -0.4 is 10.5 Å². The highest BCUT2D eigenvalue weighted by atomic mass is 32.2. The van der Waals surface area contributed by atoms with Gasteiger partial charge in [0.15, 0.2) is 0 Å². The van der Waals surface area contributed by atoms with E-state index in [0.29, 0.717) is 30.5 Å². The lowest BCUT2D eigenvalue weighted by Crippen LogP contribution is -2.42. The van der Waals surface area contributed by atoms with E-state index in [4.69, 9.17) is 5.14 Å². The second-order valence-corrected chi connectivity index (χ2v) is 7.10. The smallest absolute Gasteiger partial charge is 0.324 e. The Morgan fingerprint density at radius 3 is 2.50 bits per heavy atom. The number of rotatable bonds is 7. The molecule has 132 valence electrons. The summed E-state index contributed by atoms with van der Waals surface area (Å²) in [6.07, 6.45) is 3.73. The summed E-state index contributed by atoms with van der Waals surface area (Å²) in [7, 11) is -3.80. The molecule has 0 atom stereocenters. The third-order valence-electron chi connectivity index (χ3n) is 3.61. The number of nitrogens with one attached hydrogen (secondary N) is 1. The van der Waals surface area contributed by atoms with Crippen molar-refractivity contribution in [1.82, 2.24) is 10.2 Å². The number of urea groups is 1. The first kappa shape index (κ1) is 19.9. The van der Waals surface area contributed by atoms with Crippen molar-refractivity contribution in [2.45, 2.75) is 26.7 Å². The summed E-state index contributed by atoms with van der Waals surface area (Å²) in [6, 6.07) is -0.450. The maximum atomic E-state index is 12.1. The van der Waals surface area contributed by atoms with E-state index in [9.17, 15) is 18.0 Å². The van der Waals surface area contributed by atoms with E-state index >= 15 is 0 Å². The third-order valence-corrected chi connectivity index (χ3v) is 4.47. The van der Waals surface area contributed by atoms with Crippen LogP contribution in [0.25, 0.3) is 0 Å². The fourth-order valence-corrected chi connectivity index (χ4v) is 2.44. The molecule has 1 aliphatic rings. The Labute approximate surface area is 142 Å². The van der Waals surface area contributed by atoms with Crippen LogP contribution in [-0.4, -0.2) is 38.3 Å². The molecule has 7 nitrogen and oxygen atoms in total. The highest BCUT2D eigenvalue weighted by Gasteiger charge is 2.31. The summed E-state index contributed by atoms with van der Waals surface area (Å²) in [5, 5.41) is 7.56. The van der Waals surface area contributed by atoms with Crippen LogP contribution in [0.1, 0.15) is 26.7 Å². The van der Waals surface area contributed by atoms with Crippen molar-refractivity contribution in [3.05, 3.63) is 46.9 Å².